The summed E-state index contributed by atoms with van der Waals surface area (Å²) in [5, 5.41) is 0.914. The highest BCUT2D eigenvalue weighted by atomic mass is 16.9. The molecule has 12 heavy (non-hydrogen) atoms. The monoisotopic (exact) mass is 175 g/mol. The Kier molecular flexibility index (Phi) is 5.66. The lowest BCUT2D eigenvalue weighted by Gasteiger charge is -2.20. The van der Waals surface area contributed by atoms with Crippen molar-refractivity contribution >= 4 is 5.91 Å². The first-order valence-electron chi connectivity index (χ1n) is 4.13. The molecule has 0 unspecified atom stereocenters. The molecular formula is C8H17NO3. The third kappa shape index (κ3) is 2.79. The lowest BCUT2D eigenvalue weighted by atomic mass is 10.0. The molecule has 0 saturated carbocycles. The molecule has 0 fully saturated rings. The number of amides is 1. The first kappa shape index (κ1) is 11.4. The van der Waals surface area contributed by atoms with E-state index in [1.807, 2.05) is 13.8 Å². The third-order valence-electron chi connectivity index (χ3n) is 1.85. The van der Waals surface area contributed by atoms with Crippen LogP contribution in [0.4, 0.5) is 0 Å². The molecule has 0 aliphatic rings. The molecule has 0 rings (SSSR count). The normalized spacial score (nSPS) is 10.4. The van der Waals surface area contributed by atoms with Gasteiger partial charge in [-0.05, 0) is 12.8 Å². The predicted octanol–water partition coefficient (Wildman–Crippen LogP) is 1.37. The summed E-state index contributed by atoms with van der Waals surface area (Å²) in [6, 6.07) is 0. The van der Waals surface area contributed by atoms with E-state index in [2.05, 4.69) is 0 Å². The highest BCUT2D eigenvalue weighted by Crippen LogP contribution is 2.11. The maximum Gasteiger partial charge on any atom is 0.276 e. The first-order chi connectivity index (χ1) is 5.71. The van der Waals surface area contributed by atoms with Crippen LogP contribution in [0.15, 0.2) is 0 Å². The van der Waals surface area contributed by atoms with Gasteiger partial charge in [0.15, 0.2) is 0 Å². The lowest BCUT2D eigenvalue weighted by Crippen LogP contribution is -2.34. The van der Waals surface area contributed by atoms with Gasteiger partial charge in [-0.1, -0.05) is 19.1 Å². The van der Waals surface area contributed by atoms with Crippen LogP contribution in [-0.4, -0.2) is 25.4 Å². The van der Waals surface area contributed by atoms with Crippen LogP contribution >= 0.6 is 0 Å². The molecule has 0 aromatic carbocycles. The number of hydrogen-bond acceptors (Lipinski definition) is 3. The molecule has 0 atom stereocenters. The number of hydroxylamine groups is 2. The van der Waals surface area contributed by atoms with E-state index in [-0.39, 0.29) is 11.8 Å². The molecule has 4 heteroatoms. The minimum absolute atomic E-state index is 0.00935. The van der Waals surface area contributed by atoms with Crippen molar-refractivity contribution in [2.75, 3.05) is 14.2 Å². The number of hydrogen-bond donors (Lipinski definition) is 0. The van der Waals surface area contributed by atoms with Crippen LogP contribution in [0.1, 0.15) is 26.7 Å². The Morgan fingerprint density at radius 2 is 1.67 bits per heavy atom. The van der Waals surface area contributed by atoms with E-state index in [1.165, 1.54) is 14.2 Å². The second-order valence-electron chi connectivity index (χ2n) is 2.47. The SMILES string of the molecule is CCC(CC)C(=O)N(OC)OC. The van der Waals surface area contributed by atoms with Crippen LogP contribution in [-0.2, 0) is 14.5 Å². The van der Waals surface area contributed by atoms with Crippen LogP contribution in [0.5, 0.6) is 0 Å². The summed E-state index contributed by atoms with van der Waals surface area (Å²) in [5.41, 5.74) is 0. The second kappa shape index (κ2) is 5.97. The fraction of sp³-hybridized carbons (Fsp3) is 0.875. The van der Waals surface area contributed by atoms with Crippen LogP contribution in [0.25, 0.3) is 0 Å². The van der Waals surface area contributed by atoms with Crippen LogP contribution in [0.2, 0.25) is 0 Å². The maximum atomic E-state index is 11.4. The molecule has 0 radical (unpaired) electrons. The Bertz CT molecular complexity index is 116. The number of carbonyl (C=O) groups is 1. The first-order valence-corrected chi connectivity index (χ1v) is 4.13. The molecule has 0 spiro atoms. The van der Waals surface area contributed by atoms with Crippen LogP contribution in [0.3, 0.4) is 0 Å². The Labute approximate surface area is 73.4 Å². The van der Waals surface area contributed by atoms with Crippen molar-refractivity contribution in [2.24, 2.45) is 5.92 Å². The number of nitrogens with zero attached hydrogens (tertiary/aromatic N) is 1. The molecule has 0 bridgehead atoms. The van der Waals surface area contributed by atoms with Gasteiger partial charge in [-0.3, -0.25) is 4.79 Å². The van der Waals surface area contributed by atoms with Gasteiger partial charge in [0.1, 0.15) is 0 Å². The van der Waals surface area contributed by atoms with Gasteiger partial charge in [-0.25, -0.2) is 9.68 Å². The Hall–Kier alpha value is -0.610. The van der Waals surface area contributed by atoms with Gasteiger partial charge in [0, 0.05) is 5.92 Å². The second-order valence-corrected chi connectivity index (χ2v) is 2.47. The van der Waals surface area contributed by atoms with Gasteiger partial charge < -0.3 is 0 Å². The van der Waals surface area contributed by atoms with Gasteiger partial charge in [-0.15, -0.1) is 0 Å². The highest BCUT2D eigenvalue weighted by molar-refractivity contribution is 5.76. The van der Waals surface area contributed by atoms with Gasteiger partial charge in [0.05, 0.1) is 14.2 Å². The minimum Gasteiger partial charge on any atom is -0.270 e. The molecule has 0 aromatic rings. The number of carbonyl (C=O) groups excluding carboxylic acids is 1. The molecule has 0 saturated heterocycles. The molecule has 0 N–H and O–H groups in total. The summed E-state index contributed by atoms with van der Waals surface area (Å²) in [6.07, 6.45) is 1.61. The topological polar surface area (TPSA) is 38.8 Å². The lowest BCUT2D eigenvalue weighted by molar-refractivity contribution is -0.320. The molecule has 0 aliphatic carbocycles. The zero-order chi connectivity index (χ0) is 9.56. The summed E-state index contributed by atoms with van der Waals surface area (Å²) in [5.74, 6) is -0.130. The molecule has 0 aliphatic heterocycles. The van der Waals surface area contributed by atoms with E-state index in [9.17, 15) is 4.79 Å². The van der Waals surface area contributed by atoms with E-state index in [0.717, 1.165) is 18.1 Å². The summed E-state index contributed by atoms with van der Waals surface area (Å²) >= 11 is 0. The van der Waals surface area contributed by atoms with Gasteiger partial charge >= 0.3 is 0 Å². The van der Waals surface area contributed by atoms with Crippen molar-refractivity contribution in [3.63, 3.8) is 0 Å². The maximum absolute atomic E-state index is 11.4. The van der Waals surface area contributed by atoms with Crippen molar-refractivity contribution in [3.8, 4) is 0 Å². The smallest absolute Gasteiger partial charge is 0.270 e. The zero-order valence-electron chi connectivity index (χ0n) is 8.16. The van der Waals surface area contributed by atoms with Crippen LogP contribution in [0, 0.1) is 5.92 Å². The standard InChI is InChI=1S/C8H17NO3/c1-5-7(6-2)8(10)9(11-3)12-4/h7H,5-6H2,1-4H3. The molecule has 4 nitrogen and oxygen atoms in total. The van der Waals surface area contributed by atoms with Crippen molar-refractivity contribution in [3.05, 3.63) is 0 Å². The quantitative estimate of drug-likeness (QED) is 0.592. The fourth-order valence-electron chi connectivity index (χ4n) is 1.04. The van der Waals surface area contributed by atoms with Crippen LogP contribution < -0.4 is 0 Å². The Morgan fingerprint density at radius 1 is 1.25 bits per heavy atom. The minimum atomic E-state index is -0.120. The fourth-order valence-corrected chi connectivity index (χ4v) is 1.04. The van der Waals surface area contributed by atoms with Gasteiger partial charge in [-0.2, -0.15) is 0 Å². The van der Waals surface area contributed by atoms with E-state index < -0.39 is 0 Å². The predicted molar refractivity (Wildman–Crippen MR) is 44.9 cm³/mol. The van der Waals surface area contributed by atoms with Crippen molar-refractivity contribution in [2.45, 2.75) is 26.7 Å². The average molecular weight is 175 g/mol. The molecule has 72 valence electrons. The van der Waals surface area contributed by atoms with Gasteiger partial charge in [0.2, 0.25) is 0 Å². The van der Waals surface area contributed by atoms with E-state index >= 15 is 0 Å². The summed E-state index contributed by atoms with van der Waals surface area (Å²) < 4.78 is 0. The molecule has 0 heterocycles. The summed E-state index contributed by atoms with van der Waals surface area (Å²) in [7, 11) is 2.81. The Morgan fingerprint density at radius 3 is 1.92 bits per heavy atom. The zero-order valence-corrected chi connectivity index (χ0v) is 8.16. The van der Waals surface area contributed by atoms with Gasteiger partial charge in [0.25, 0.3) is 5.91 Å². The van der Waals surface area contributed by atoms with Crippen molar-refractivity contribution < 1.29 is 14.5 Å². The van der Waals surface area contributed by atoms with E-state index in [1.54, 1.807) is 0 Å². The highest BCUT2D eigenvalue weighted by Gasteiger charge is 2.21. The summed E-state index contributed by atoms with van der Waals surface area (Å²) in [4.78, 5) is 20.9. The number of rotatable bonds is 5. The van der Waals surface area contributed by atoms with Crippen molar-refractivity contribution in [1.29, 1.82) is 0 Å². The average Bonchev–Trinajstić information content (AvgIpc) is 2.09. The Balaban J connectivity index is 4.12. The molecular weight excluding hydrogens is 158 g/mol. The van der Waals surface area contributed by atoms with E-state index in [0.29, 0.717) is 0 Å². The molecule has 0 aromatic heterocycles. The third-order valence-corrected chi connectivity index (χ3v) is 1.85. The van der Waals surface area contributed by atoms with E-state index in [4.69, 9.17) is 9.68 Å². The summed E-state index contributed by atoms with van der Waals surface area (Å²) in [6.45, 7) is 3.94. The molecule has 1 amide bonds. The van der Waals surface area contributed by atoms with Crippen molar-refractivity contribution in [1.82, 2.24) is 5.23 Å². The largest absolute Gasteiger partial charge is 0.276 e.